The van der Waals surface area contributed by atoms with Crippen LogP contribution in [0.5, 0.6) is 0 Å². The lowest BCUT2D eigenvalue weighted by Crippen LogP contribution is -2.28. The van der Waals surface area contributed by atoms with E-state index >= 15 is 0 Å². The molecule has 0 saturated carbocycles. The van der Waals surface area contributed by atoms with Crippen LogP contribution >= 0.6 is 0 Å². The van der Waals surface area contributed by atoms with E-state index in [0.717, 1.165) is 13.0 Å². The normalized spacial score (nSPS) is 22.5. The fraction of sp³-hybridized carbons (Fsp3) is 0.462. The van der Waals surface area contributed by atoms with E-state index in [4.69, 9.17) is 0 Å². The fourth-order valence-electron chi connectivity index (χ4n) is 2.69. The number of benzene rings is 1. The van der Waals surface area contributed by atoms with Gasteiger partial charge in [0.05, 0.1) is 16.2 Å². The maximum absolute atomic E-state index is 11.3. The van der Waals surface area contributed by atoms with E-state index < -0.39 is 10.9 Å². The second kappa shape index (κ2) is 4.87. The molecule has 102 valence electrons. The molecule has 1 fully saturated rings. The maximum atomic E-state index is 11.3. The summed E-state index contributed by atoms with van der Waals surface area (Å²) >= 11 is 0. The van der Waals surface area contributed by atoms with Crippen LogP contribution in [0.3, 0.4) is 0 Å². The number of nitro benzene ring substituents is 1. The minimum Gasteiger partial charge on any atom is -0.478 e. The maximum Gasteiger partial charge on any atom is 0.337 e. The third-order valence-electron chi connectivity index (χ3n) is 3.52. The summed E-state index contributed by atoms with van der Waals surface area (Å²) in [7, 11) is 0. The molecule has 6 heteroatoms. The summed E-state index contributed by atoms with van der Waals surface area (Å²) in [4.78, 5) is 23.5. The highest BCUT2D eigenvalue weighted by molar-refractivity contribution is 5.95. The molecule has 1 aliphatic rings. The van der Waals surface area contributed by atoms with Crippen molar-refractivity contribution in [2.45, 2.75) is 26.3 Å². The van der Waals surface area contributed by atoms with Gasteiger partial charge in [0, 0.05) is 24.7 Å². The van der Waals surface area contributed by atoms with Crippen molar-refractivity contribution in [2.75, 3.05) is 11.4 Å². The van der Waals surface area contributed by atoms with E-state index in [0.29, 0.717) is 11.6 Å². The summed E-state index contributed by atoms with van der Waals surface area (Å²) in [5.74, 6) is -0.604. The van der Waals surface area contributed by atoms with Crippen molar-refractivity contribution in [1.29, 1.82) is 0 Å². The molecular formula is C13H16N2O4. The van der Waals surface area contributed by atoms with Crippen LogP contribution in [-0.4, -0.2) is 28.6 Å². The van der Waals surface area contributed by atoms with E-state index in [1.165, 1.54) is 18.2 Å². The number of non-ortho nitro benzene ring substituents is 1. The van der Waals surface area contributed by atoms with Crippen molar-refractivity contribution in [3.05, 3.63) is 33.9 Å². The first-order valence-electron chi connectivity index (χ1n) is 6.18. The second-order valence-electron chi connectivity index (χ2n) is 5.11. The molecule has 1 N–H and O–H groups in total. The molecule has 0 aliphatic carbocycles. The van der Waals surface area contributed by atoms with Gasteiger partial charge in [0.15, 0.2) is 0 Å². The Morgan fingerprint density at radius 3 is 2.63 bits per heavy atom. The quantitative estimate of drug-likeness (QED) is 0.670. The highest BCUT2D eigenvalue weighted by Gasteiger charge is 2.30. The highest BCUT2D eigenvalue weighted by Crippen LogP contribution is 2.33. The van der Waals surface area contributed by atoms with Gasteiger partial charge in [-0.3, -0.25) is 10.1 Å². The number of carboxylic acids is 1. The van der Waals surface area contributed by atoms with E-state index in [1.807, 2.05) is 11.8 Å². The molecular weight excluding hydrogens is 248 g/mol. The molecule has 2 rings (SSSR count). The van der Waals surface area contributed by atoms with Gasteiger partial charge in [0.25, 0.3) is 5.69 Å². The number of nitro groups is 1. The van der Waals surface area contributed by atoms with E-state index in [1.54, 1.807) is 0 Å². The standard InChI is InChI=1S/C13H16N2O4/c1-8-5-9(2)14(7-8)12-6-10(15(18)19)3-4-11(12)13(16)17/h3-4,6,8-9H,5,7H2,1-2H3,(H,16,17). The van der Waals surface area contributed by atoms with Crippen LogP contribution in [0.1, 0.15) is 30.6 Å². The predicted octanol–water partition coefficient (Wildman–Crippen LogP) is 2.53. The smallest absolute Gasteiger partial charge is 0.337 e. The van der Waals surface area contributed by atoms with Crippen molar-refractivity contribution >= 4 is 17.3 Å². The van der Waals surface area contributed by atoms with Gasteiger partial charge in [-0.1, -0.05) is 6.92 Å². The Hall–Kier alpha value is -2.11. The summed E-state index contributed by atoms with van der Waals surface area (Å²) < 4.78 is 0. The molecule has 1 saturated heterocycles. The molecule has 0 spiro atoms. The fourth-order valence-corrected chi connectivity index (χ4v) is 2.69. The molecule has 2 atom stereocenters. The molecule has 1 aromatic rings. The lowest BCUT2D eigenvalue weighted by Gasteiger charge is -2.25. The number of carboxylic acid groups (broad SMARTS) is 1. The first-order valence-corrected chi connectivity index (χ1v) is 6.18. The Kier molecular flexibility index (Phi) is 3.42. The molecule has 1 heterocycles. The highest BCUT2D eigenvalue weighted by atomic mass is 16.6. The molecule has 0 bridgehead atoms. The zero-order chi connectivity index (χ0) is 14.2. The van der Waals surface area contributed by atoms with Crippen LogP contribution in [0.2, 0.25) is 0 Å². The van der Waals surface area contributed by atoms with E-state index in [2.05, 4.69) is 6.92 Å². The van der Waals surface area contributed by atoms with Crippen LogP contribution in [0.25, 0.3) is 0 Å². The van der Waals surface area contributed by atoms with Crippen LogP contribution in [0, 0.1) is 16.0 Å². The number of carbonyl (C=O) groups is 1. The average molecular weight is 264 g/mol. The van der Waals surface area contributed by atoms with Gasteiger partial charge in [-0.25, -0.2) is 4.79 Å². The number of rotatable bonds is 3. The van der Waals surface area contributed by atoms with Crippen molar-refractivity contribution < 1.29 is 14.8 Å². The first-order chi connectivity index (χ1) is 8.90. The van der Waals surface area contributed by atoms with Crippen LogP contribution in [0.4, 0.5) is 11.4 Å². The topological polar surface area (TPSA) is 83.7 Å². The Balaban J connectivity index is 2.49. The first kappa shape index (κ1) is 13.3. The third kappa shape index (κ3) is 2.52. The molecule has 0 aromatic heterocycles. The Labute approximate surface area is 110 Å². The van der Waals surface area contributed by atoms with E-state index in [9.17, 15) is 20.0 Å². The zero-order valence-corrected chi connectivity index (χ0v) is 10.9. The number of hydrogen-bond acceptors (Lipinski definition) is 4. The molecule has 0 radical (unpaired) electrons. The molecule has 19 heavy (non-hydrogen) atoms. The van der Waals surface area contributed by atoms with Gasteiger partial charge < -0.3 is 10.0 Å². The minimum atomic E-state index is -1.06. The molecule has 6 nitrogen and oxygen atoms in total. The average Bonchev–Trinajstić information content (AvgIpc) is 2.67. The summed E-state index contributed by atoms with van der Waals surface area (Å²) in [6, 6.07) is 4.09. The predicted molar refractivity (Wildman–Crippen MR) is 70.6 cm³/mol. The summed E-state index contributed by atoms with van der Waals surface area (Å²) in [5, 5.41) is 20.0. The van der Waals surface area contributed by atoms with Crippen LogP contribution in [0.15, 0.2) is 18.2 Å². The number of aromatic carboxylic acids is 1. The molecule has 0 amide bonds. The number of anilines is 1. The van der Waals surface area contributed by atoms with Crippen molar-refractivity contribution in [3.8, 4) is 0 Å². The molecule has 1 aliphatic heterocycles. The van der Waals surface area contributed by atoms with Gasteiger partial charge in [-0.2, -0.15) is 0 Å². The Bertz CT molecular complexity index is 529. The largest absolute Gasteiger partial charge is 0.478 e. The SMILES string of the molecule is CC1CC(C)N(c2cc([N+](=O)[O-])ccc2C(=O)O)C1. The summed E-state index contributed by atoms with van der Waals surface area (Å²) in [5.41, 5.74) is 0.483. The lowest BCUT2D eigenvalue weighted by molar-refractivity contribution is -0.384. The molecule has 2 unspecified atom stereocenters. The van der Waals surface area contributed by atoms with Crippen molar-refractivity contribution in [1.82, 2.24) is 0 Å². The van der Waals surface area contributed by atoms with Gasteiger partial charge in [0.1, 0.15) is 0 Å². The van der Waals surface area contributed by atoms with Gasteiger partial charge in [-0.05, 0) is 25.3 Å². The van der Waals surface area contributed by atoms with Gasteiger partial charge >= 0.3 is 5.97 Å². The second-order valence-corrected chi connectivity index (χ2v) is 5.11. The van der Waals surface area contributed by atoms with Crippen LogP contribution < -0.4 is 4.90 Å². The van der Waals surface area contributed by atoms with Crippen molar-refractivity contribution in [2.24, 2.45) is 5.92 Å². The van der Waals surface area contributed by atoms with E-state index in [-0.39, 0.29) is 17.3 Å². The summed E-state index contributed by atoms with van der Waals surface area (Å²) in [6.07, 6.45) is 0.960. The number of nitrogens with zero attached hydrogens (tertiary/aromatic N) is 2. The Morgan fingerprint density at radius 1 is 1.47 bits per heavy atom. The van der Waals surface area contributed by atoms with Gasteiger partial charge in [-0.15, -0.1) is 0 Å². The summed E-state index contributed by atoms with van der Waals surface area (Å²) in [6.45, 7) is 4.82. The number of hydrogen-bond donors (Lipinski definition) is 1. The van der Waals surface area contributed by atoms with Gasteiger partial charge in [0.2, 0.25) is 0 Å². The third-order valence-corrected chi connectivity index (χ3v) is 3.52. The Morgan fingerprint density at radius 2 is 2.16 bits per heavy atom. The van der Waals surface area contributed by atoms with Crippen molar-refractivity contribution in [3.63, 3.8) is 0 Å². The lowest BCUT2D eigenvalue weighted by atomic mass is 10.1. The minimum absolute atomic E-state index is 0.0771. The zero-order valence-electron chi connectivity index (χ0n) is 10.9. The monoisotopic (exact) mass is 264 g/mol. The van der Waals surface area contributed by atoms with Crippen LogP contribution in [-0.2, 0) is 0 Å². The molecule has 1 aromatic carbocycles.